The number of carbonyl (C=O) groups is 1. The minimum atomic E-state index is -1.35. The van der Waals surface area contributed by atoms with Gasteiger partial charge in [-0.15, -0.1) is 0 Å². The fourth-order valence-electron chi connectivity index (χ4n) is 9.46. The van der Waals surface area contributed by atoms with Crippen LogP contribution in [0.1, 0.15) is 51.4 Å². The quantitative estimate of drug-likeness (QED) is 0.263. The van der Waals surface area contributed by atoms with Crippen molar-refractivity contribution in [3.8, 4) is 0 Å². The Labute approximate surface area is 246 Å². The molecule has 6 N–H and O–H groups in total. The van der Waals surface area contributed by atoms with E-state index in [-0.39, 0.29) is 29.0 Å². The predicted molar refractivity (Wildman–Crippen MR) is 158 cm³/mol. The number of nitrogen functional groups attached to an aromatic ring is 1. The van der Waals surface area contributed by atoms with Crippen molar-refractivity contribution in [2.24, 2.45) is 28.6 Å². The zero-order valence-corrected chi connectivity index (χ0v) is 24.1. The molecular formula is C34H40N2O6. The largest absolute Gasteiger partial charge is 0.399 e. The molecule has 1 saturated heterocycles. The summed E-state index contributed by atoms with van der Waals surface area (Å²) in [7, 11) is 0. The van der Waals surface area contributed by atoms with Gasteiger partial charge in [0.05, 0.1) is 18.3 Å². The molecule has 3 saturated carbocycles. The molecule has 222 valence electrons. The van der Waals surface area contributed by atoms with Crippen molar-refractivity contribution in [1.29, 1.82) is 0 Å². The van der Waals surface area contributed by atoms with E-state index in [9.17, 15) is 20.1 Å². The summed E-state index contributed by atoms with van der Waals surface area (Å²) in [5.41, 5.74) is 7.90. The first-order valence-electron chi connectivity index (χ1n) is 15.1. The number of hydrogen-bond acceptors (Lipinski definition) is 8. The van der Waals surface area contributed by atoms with Crippen molar-refractivity contribution in [3.05, 3.63) is 77.9 Å². The van der Waals surface area contributed by atoms with Gasteiger partial charge < -0.3 is 35.8 Å². The molecule has 5 aliphatic rings. The number of aliphatic hydroxyl groups is 3. The van der Waals surface area contributed by atoms with Crippen LogP contribution in [0.2, 0.25) is 0 Å². The third kappa shape index (κ3) is 3.89. The lowest BCUT2D eigenvalue weighted by molar-refractivity contribution is -0.201. The van der Waals surface area contributed by atoms with Crippen molar-refractivity contribution in [3.63, 3.8) is 0 Å². The number of carbonyl (C=O) groups excluding carboxylic acids is 1. The zero-order valence-electron chi connectivity index (χ0n) is 24.1. The summed E-state index contributed by atoms with van der Waals surface area (Å²) in [6.07, 6.45) is 5.98. The molecule has 8 heteroatoms. The number of allylic oxidation sites excluding steroid dienone is 2. The van der Waals surface area contributed by atoms with Crippen molar-refractivity contribution >= 4 is 22.8 Å². The lowest BCUT2D eigenvalue weighted by atomic mass is 9.46. The van der Waals surface area contributed by atoms with Crippen LogP contribution in [0.4, 0.5) is 17.1 Å². The molecule has 2 aromatic rings. The van der Waals surface area contributed by atoms with Crippen LogP contribution in [0.5, 0.6) is 0 Å². The standard InChI is InChI=1S/C34H40N2O6/c1-32-13-12-24(38)14-20(32)8-11-25-26-16-29-34(28(40)18-37,33(26,2)17-27(39)30(25)32)42-31(41-29)19-6-9-22(10-7-19)36-23-5-3-4-21(35)15-23/h3-7,9-10,12-15,24-27,29-31,36-39H,8,11,16-18,35H2,1-2H3/t24?,25-,26-,27-,29+,30+,31+,32-,33-,34+/m0/s1. The molecule has 4 aliphatic carbocycles. The summed E-state index contributed by atoms with van der Waals surface area (Å²) >= 11 is 0. The van der Waals surface area contributed by atoms with E-state index in [1.807, 2.05) is 60.7 Å². The molecule has 10 atom stereocenters. The smallest absolute Gasteiger partial charge is 0.193 e. The van der Waals surface area contributed by atoms with E-state index in [4.69, 9.17) is 15.2 Å². The predicted octanol–water partition coefficient (Wildman–Crippen LogP) is 4.41. The second-order valence-electron chi connectivity index (χ2n) is 13.3. The van der Waals surface area contributed by atoms with Crippen molar-refractivity contribution in [2.45, 2.75) is 69.7 Å². The summed E-state index contributed by atoms with van der Waals surface area (Å²) in [6.45, 7) is 3.58. The zero-order chi connectivity index (χ0) is 29.4. The van der Waals surface area contributed by atoms with Crippen molar-refractivity contribution in [2.75, 3.05) is 17.7 Å². The Morgan fingerprint density at radius 1 is 1.12 bits per heavy atom. The average Bonchev–Trinajstić information content (AvgIpc) is 3.46. The van der Waals surface area contributed by atoms with E-state index >= 15 is 0 Å². The van der Waals surface area contributed by atoms with E-state index in [1.165, 1.54) is 5.57 Å². The monoisotopic (exact) mass is 572 g/mol. The molecule has 8 nitrogen and oxygen atoms in total. The number of ether oxygens (including phenoxy) is 2. The lowest BCUT2D eigenvalue weighted by Gasteiger charge is -2.60. The maximum absolute atomic E-state index is 13.7. The molecule has 0 aromatic heterocycles. The van der Waals surface area contributed by atoms with Crippen LogP contribution in [0.15, 0.2) is 72.3 Å². The Morgan fingerprint density at radius 2 is 1.90 bits per heavy atom. The SMILES string of the molecule is C[C@]12C=CC(O)C=C1CC[C@@H]1[C@@H]2[C@@H](O)C[C@@]2(C)[C@H]1C[C@H]1O[C@@H](c3ccc(Nc4cccc(N)c4)cc3)O[C@]12C(=O)CO. The molecule has 0 radical (unpaired) electrons. The fraction of sp³-hybridized carbons (Fsp3) is 0.500. The molecule has 0 bridgehead atoms. The fourth-order valence-corrected chi connectivity index (χ4v) is 9.46. The summed E-state index contributed by atoms with van der Waals surface area (Å²) in [5.74, 6) is -0.183. The van der Waals surface area contributed by atoms with Crippen LogP contribution in [-0.2, 0) is 14.3 Å². The van der Waals surface area contributed by atoms with Gasteiger partial charge in [-0.1, -0.05) is 55.8 Å². The third-order valence-electron chi connectivity index (χ3n) is 11.3. The number of aliphatic hydroxyl groups excluding tert-OH is 3. The van der Waals surface area contributed by atoms with Gasteiger partial charge in [-0.05, 0) is 67.9 Å². The minimum Gasteiger partial charge on any atom is -0.399 e. The highest BCUT2D eigenvalue weighted by Gasteiger charge is 2.75. The Kier molecular flexibility index (Phi) is 6.46. The molecule has 42 heavy (non-hydrogen) atoms. The summed E-state index contributed by atoms with van der Waals surface area (Å²) in [5, 5.41) is 35.6. The molecule has 1 heterocycles. The summed E-state index contributed by atoms with van der Waals surface area (Å²) < 4.78 is 13.3. The van der Waals surface area contributed by atoms with E-state index in [0.717, 1.165) is 29.8 Å². The number of ketones is 1. The van der Waals surface area contributed by atoms with Crippen LogP contribution < -0.4 is 11.1 Å². The topological polar surface area (TPSA) is 134 Å². The van der Waals surface area contributed by atoms with E-state index in [0.29, 0.717) is 18.5 Å². The highest BCUT2D eigenvalue weighted by atomic mass is 16.7. The highest BCUT2D eigenvalue weighted by molar-refractivity contribution is 5.91. The van der Waals surface area contributed by atoms with E-state index in [1.54, 1.807) is 0 Å². The van der Waals surface area contributed by atoms with E-state index < -0.39 is 42.2 Å². The molecule has 4 fully saturated rings. The van der Waals surface area contributed by atoms with Crippen LogP contribution in [-0.4, -0.2) is 51.6 Å². The summed E-state index contributed by atoms with van der Waals surface area (Å²) in [4.78, 5) is 13.7. The Bertz CT molecular complexity index is 1460. The van der Waals surface area contributed by atoms with Gasteiger partial charge in [0, 0.05) is 39.4 Å². The van der Waals surface area contributed by atoms with Crippen LogP contribution in [0, 0.1) is 28.6 Å². The number of nitrogens with one attached hydrogen (secondary N) is 1. The number of nitrogens with two attached hydrogens (primary N) is 1. The second-order valence-corrected chi connectivity index (χ2v) is 13.3. The molecule has 7 rings (SSSR count). The van der Waals surface area contributed by atoms with Crippen molar-refractivity contribution < 1.29 is 29.6 Å². The molecule has 1 aliphatic heterocycles. The van der Waals surface area contributed by atoms with Gasteiger partial charge in [-0.25, -0.2) is 0 Å². The first-order chi connectivity index (χ1) is 20.1. The van der Waals surface area contributed by atoms with Crippen LogP contribution in [0.25, 0.3) is 0 Å². The Balaban J connectivity index is 1.17. The highest BCUT2D eigenvalue weighted by Crippen LogP contribution is 2.70. The first-order valence-corrected chi connectivity index (χ1v) is 15.1. The number of hydrogen-bond donors (Lipinski definition) is 5. The average molecular weight is 573 g/mol. The maximum atomic E-state index is 13.7. The van der Waals surface area contributed by atoms with Gasteiger partial charge in [0.25, 0.3) is 0 Å². The minimum absolute atomic E-state index is 0.0322. The Hall–Kier alpha value is -3.01. The molecule has 1 unspecified atom stereocenters. The molecular weight excluding hydrogens is 532 g/mol. The maximum Gasteiger partial charge on any atom is 0.193 e. The third-order valence-corrected chi connectivity index (χ3v) is 11.3. The summed E-state index contributed by atoms with van der Waals surface area (Å²) in [6, 6.07) is 15.2. The van der Waals surface area contributed by atoms with Gasteiger partial charge in [-0.3, -0.25) is 4.79 Å². The number of benzene rings is 2. The molecule has 0 amide bonds. The van der Waals surface area contributed by atoms with Gasteiger partial charge in [0.15, 0.2) is 17.7 Å². The van der Waals surface area contributed by atoms with Gasteiger partial charge in [0.2, 0.25) is 0 Å². The first kappa shape index (κ1) is 27.8. The van der Waals surface area contributed by atoms with Crippen molar-refractivity contribution in [1.82, 2.24) is 0 Å². The number of anilines is 3. The van der Waals surface area contributed by atoms with E-state index in [2.05, 4.69) is 25.2 Å². The Morgan fingerprint density at radius 3 is 2.64 bits per heavy atom. The van der Waals surface area contributed by atoms with Gasteiger partial charge in [-0.2, -0.15) is 0 Å². The second kappa shape index (κ2) is 9.76. The number of rotatable bonds is 5. The van der Waals surface area contributed by atoms with Crippen LogP contribution in [0.3, 0.4) is 0 Å². The molecule has 2 aromatic carbocycles. The van der Waals surface area contributed by atoms with Gasteiger partial charge >= 0.3 is 0 Å². The molecule has 0 spiro atoms. The normalized spacial score (nSPS) is 41.7. The van der Waals surface area contributed by atoms with Crippen LogP contribution >= 0.6 is 0 Å². The number of fused-ring (bicyclic) bond motifs is 7. The number of Topliss-reactive ketones (excluding diaryl/α,β-unsaturated/α-hetero) is 1. The van der Waals surface area contributed by atoms with Gasteiger partial charge in [0.1, 0.15) is 6.61 Å². The lowest BCUT2D eigenvalue weighted by Crippen LogP contribution is -2.63.